The van der Waals surface area contributed by atoms with Crippen molar-refractivity contribution in [2.75, 3.05) is 6.61 Å². The maximum absolute atomic E-state index is 11.2. The average molecular weight is 195 g/mol. The van der Waals surface area contributed by atoms with E-state index in [4.69, 9.17) is 4.74 Å². The van der Waals surface area contributed by atoms with Crippen LogP contribution in [0.25, 0.3) is 0 Å². The molecule has 0 aromatic rings. The lowest BCUT2D eigenvalue weighted by atomic mass is 9.69. The second kappa shape index (κ2) is 4.03. The SMILES string of the molecule is CCOC(=O)NC1CCC[C@H]2C=C[C@@H]12. The van der Waals surface area contributed by atoms with Gasteiger partial charge in [0.05, 0.1) is 6.61 Å². The number of hydrogen-bond acceptors (Lipinski definition) is 2. The van der Waals surface area contributed by atoms with Crippen molar-refractivity contribution < 1.29 is 9.53 Å². The number of ether oxygens (including phenoxy) is 1. The third-order valence-electron chi connectivity index (χ3n) is 3.17. The number of nitrogens with one attached hydrogen (secondary N) is 1. The van der Waals surface area contributed by atoms with E-state index >= 15 is 0 Å². The molecule has 1 amide bonds. The van der Waals surface area contributed by atoms with Crippen LogP contribution in [0.3, 0.4) is 0 Å². The molecule has 2 aliphatic carbocycles. The summed E-state index contributed by atoms with van der Waals surface area (Å²) >= 11 is 0. The quantitative estimate of drug-likeness (QED) is 0.685. The number of carbonyl (C=O) groups is 1. The monoisotopic (exact) mass is 195 g/mol. The lowest BCUT2D eigenvalue weighted by Crippen LogP contribution is -2.46. The van der Waals surface area contributed by atoms with Gasteiger partial charge in [0.15, 0.2) is 0 Å². The van der Waals surface area contributed by atoms with E-state index in [1.54, 1.807) is 0 Å². The number of alkyl carbamates (subject to hydrolysis) is 1. The Morgan fingerprint density at radius 3 is 3.00 bits per heavy atom. The fourth-order valence-corrected chi connectivity index (χ4v) is 2.38. The molecule has 1 N–H and O–H groups in total. The Morgan fingerprint density at radius 2 is 2.36 bits per heavy atom. The van der Waals surface area contributed by atoms with Gasteiger partial charge in [0.1, 0.15) is 0 Å². The fraction of sp³-hybridized carbons (Fsp3) is 0.727. The Morgan fingerprint density at radius 1 is 1.50 bits per heavy atom. The summed E-state index contributed by atoms with van der Waals surface area (Å²) in [7, 11) is 0. The van der Waals surface area contributed by atoms with Crippen LogP contribution in [0.5, 0.6) is 0 Å². The Balaban J connectivity index is 1.85. The van der Waals surface area contributed by atoms with E-state index in [-0.39, 0.29) is 6.09 Å². The van der Waals surface area contributed by atoms with Gasteiger partial charge in [-0.15, -0.1) is 0 Å². The summed E-state index contributed by atoms with van der Waals surface area (Å²) < 4.78 is 4.88. The molecule has 0 heterocycles. The maximum Gasteiger partial charge on any atom is 0.407 e. The van der Waals surface area contributed by atoms with E-state index in [9.17, 15) is 4.79 Å². The number of hydrogen-bond donors (Lipinski definition) is 1. The summed E-state index contributed by atoms with van der Waals surface area (Å²) in [5, 5.41) is 2.94. The van der Waals surface area contributed by atoms with Crippen LogP contribution in [0, 0.1) is 11.8 Å². The molecule has 0 aliphatic heterocycles. The van der Waals surface area contributed by atoms with Gasteiger partial charge in [-0.3, -0.25) is 0 Å². The van der Waals surface area contributed by atoms with Crippen molar-refractivity contribution >= 4 is 6.09 Å². The molecule has 0 spiro atoms. The van der Waals surface area contributed by atoms with E-state index in [1.165, 1.54) is 12.8 Å². The van der Waals surface area contributed by atoms with E-state index < -0.39 is 0 Å². The van der Waals surface area contributed by atoms with Crippen LogP contribution in [0.1, 0.15) is 26.2 Å². The first-order valence-corrected chi connectivity index (χ1v) is 5.43. The fourth-order valence-electron chi connectivity index (χ4n) is 2.38. The molecule has 3 nitrogen and oxygen atoms in total. The lowest BCUT2D eigenvalue weighted by molar-refractivity contribution is 0.135. The van der Waals surface area contributed by atoms with Crippen LogP contribution in [-0.2, 0) is 4.74 Å². The minimum absolute atomic E-state index is 0.265. The largest absolute Gasteiger partial charge is 0.450 e. The second-order valence-electron chi connectivity index (χ2n) is 4.03. The maximum atomic E-state index is 11.2. The van der Waals surface area contributed by atoms with Crippen molar-refractivity contribution in [1.29, 1.82) is 0 Å². The molecule has 0 aromatic carbocycles. The van der Waals surface area contributed by atoms with Gasteiger partial charge in [0.2, 0.25) is 0 Å². The first-order chi connectivity index (χ1) is 6.81. The van der Waals surface area contributed by atoms with Gasteiger partial charge in [0, 0.05) is 12.0 Å². The molecule has 0 saturated heterocycles. The zero-order valence-electron chi connectivity index (χ0n) is 8.53. The van der Waals surface area contributed by atoms with Gasteiger partial charge in [0.25, 0.3) is 0 Å². The smallest absolute Gasteiger partial charge is 0.407 e. The van der Waals surface area contributed by atoms with Crippen LogP contribution in [0.4, 0.5) is 4.79 Å². The molecular weight excluding hydrogens is 178 g/mol. The highest BCUT2D eigenvalue weighted by molar-refractivity contribution is 5.67. The molecule has 3 atom stereocenters. The lowest BCUT2D eigenvalue weighted by Gasteiger charge is -2.40. The van der Waals surface area contributed by atoms with Crippen molar-refractivity contribution in [3.8, 4) is 0 Å². The summed E-state index contributed by atoms with van der Waals surface area (Å²) in [5.74, 6) is 1.27. The molecule has 0 bridgehead atoms. The molecule has 2 rings (SSSR count). The Labute approximate surface area is 84.5 Å². The van der Waals surface area contributed by atoms with Crippen molar-refractivity contribution in [2.24, 2.45) is 11.8 Å². The van der Waals surface area contributed by atoms with Crippen LogP contribution in [0.15, 0.2) is 12.2 Å². The Kier molecular flexibility index (Phi) is 2.75. The first kappa shape index (κ1) is 9.56. The summed E-state index contributed by atoms with van der Waals surface area (Å²) in [5.41, 5.74) is 0. The highest BCUT2D eigenvalue weighted by Gasteiger charge is 2.35. The highest BCUT2D eigenvalue weighted by atomic mass is 16.5. The van der Waals surface area contributed by atoms with E-state index in [0.29, 0.717) is 24.5 Å². The minimum Gasteiger partial charge on any atom is -0.450 e. The van der Waals surface area contributed by atoms with E-state index in [1.807, 2.05) is 6.92 Å². The Hall–Kier alpha value is -0.990. The number of amides is 1. The highest BCUT2D eigenvalue weighted by Crippen LogP contribution is 2.38. The molecular formula is C11H17NO2. The standard InChI is InChI=1S/C11H17NO2/c1-2-14-11(13)12-10-5-3-4-8-6-7-9(8)10/h6-10H,2-5H2,1H3,(H,12,13)/t8-,9+,10?/m0/s1. The van der Waals surface area contributed by atoms with Gasteiger partial charge in [-0.1, -0.05) is 18.6 Å². The Bertz CT molecular complexity index is 250. The molecule has 0 radical (unpaired) electrons. The predicted octanol–water partition coefficient (Wildman–Crippen LogP) is 2.09. The number of fused-ring (bicyclic) bond motifs is 1. The zero-order chi connectivity index (χ0) is 9.97. The normalized spacial score (nSPS) is 34.2. The molecule has 1 unspecified atom stereocenters. The van der Waals surface area contributed by atoms with Crippen molar-refractivity contribution in [2.45, 2.75) is 32.2 Å². The third-order valence-corrected chi connectivity index (χ3v) is 3.17. The van der Waals surface area contributed by atoms with Crippen LogP contribution in [0.2, 0.25) is 0 Å². The van der Waals surface area contributed by atoms with Gasteiger partial charge in [-0.05, 0) is 25.7 Å². The van der Waals surface area contributed by atoms with E-state index in [2.05, 4.69) is 17.5 Å². The molecule has 2 aliphatic rings. The van der Waals surface area contributed by atoms with Crippen molar-refractivity contribution in [3.63, 3.8) is 0 Å². The van der Waals surface area contributed by atoms with E-state index in [0.717, 1.165) is 6.42 Å². The van der Waals surface area contributed by atoms with Crippen LogP contribution >= 0.6 is 0 Å². The van der Waals surface area contributed by atoms with Gasteiger partial charge < -0.3 is 10.1 Å². The molecule has 78 valence electrons. The van der Waals surface area contributed by atoms with Gasteiger partial charge >= 0.3 is 6.09 Å². The van der Waals surface area contributed by atoms with Gasteiger partial charge in [-0.2, -0.15) is 0 Å². The summed E-state index contributed by atoms with van der Waals surface area (Å²) in [6.07, 6.45) is 7.78. The molecule has 0 aromatic heterocycles. The summed E-state index contributed by atoms with van der Waals surface area (Å²) in [4.78, 5) is 11.2. The molecule has 1 fully saturated rings. The zero-order valence-corrected chi connectivity index (χ0v) is 8.53. The second-order valence-corrected chi connectivity index (χ2v) is 4.03. The summed E-state index contributed by atoms with van der Waals surface area (Å²) in [6.45, 7) is 2.27. The minimum atomic E-state index is -0.265. The third kappa shape index (κ3) is 1.76. The molecule has 14 heavy (non-hydrogen) atoms. The average Bonchev–Trinajstić information content (AvgIpc) is 2.08. The van der Waals surface area contributed by atoms with Crippen molar-refractivity contribution in [3.05, 3.63) is 12.2 Å². The number of allylic oxidation sites excluding steroid dienone is 1. The van der Waals surface area contributed by atoms with Crippen LogP contribution < -0.4 is 5.32 Å². The number of rotatable bonds is 2. The first-order valence-electron chi connectivity index (χ1n) is 5.43. The predicted molar refractivity (Wildman–Crippen MR) is 53.9 cm³/mol. The molecule has 1 saturated carbocycles. The topological polar surface area (TPSA) is 38.3 Å². The van der Waals surface area contributed by atoms with Crippen LogP contribution in [-0.4, -0.2) is 18.7 Å². The molecule has 3 heteroatoms. The number of carbonyl (C=O) groups excluding carboxylic acids is 1. The van der Waals surface area contributed by atoms with Crippen molar-refractivity contribution in [1.82, 2.24) is 5.32 Å². The van der Waals surface area contributed by atoms with Gasteiger partial charge in [-0.25, -0.2) is 4.79 Å². The summed E-state index contributed by atoms with van der Waals surface area (Å²) in [6, 6.07) is 0.304.